The maximum Gasteiger partial charge on any atom is 0.328 e. The second-order valence-corrected chi connectivity index (χ2v) is 11.5. The number of anilines is 1. The lowest BCUT2D eigenvalue weighted by atomic mass is 9.94. The van der Waals surface area contributed by atoms with Crippen molar-refractivity contribution in [2.24, 2.45) is 0 Å². The number of rotatable bonds is 7. The van der Waals surface area contributed by atoms with Crippen LogP contribution in [0.25, 0.3) is 22.0 Å². The monoisotopic (exact) mass is 618 g/mol. The molecule has 1 saturated heterocycles. The summed E-state index contributed by atoms with van der Waals surface area (Å²) in [6, 6.07) is 15.0. The van der Waals surface area contributed by atoms with E-state index in [-0.39, 0.29) is 6.42 Å². The molecular formula is C33H29ClF2N4O4. The lowest BCUT2D eigenvalue weighted by molar-refractivity contribution is -0.142. The van der Waals surface area contributed by atoms with E-state index in [2.05, 4.69) is 16.4 Å². The van der Waals surface area contributed by atoms with Gasteiger partial charge in [0.15, 0.2) is 0 Å². The molecule has 1 N–H and O–H groups in total. The number of aromatic nitrogens is 1. The van der Waals surface area contributed by atoms with Crippen LogP contribution in [0.15, 0.2) is 60.8 Å². The van der Waals surface area contributed by atoms with E-state index in [0.29, 0.717) is 63.6 Å². The number of fused-ring (bicyclic) bond motifs is 1. The smallest absolute Gasteiger partial charge is 0.328 e. The largest absolute Gasteiger partial charge is 0.467 e. The van der Waals surface area contributed by atoms with Crippen LogP contribution in [0.3, 0.4) is 0 Å². The van der Waals surface area contributed by atoms with Gasteiger partial charge in [-0.1, -0.05) is 35.9 Å². The Morgan fingerprint density at radius 1 is 1.16 bits per heavy atom. The van der Waals surface area contributed by atoms with Crippen molar-refractivity contribution in [3.05, 3.63) is 94.1 Å². The van der Waals surface area contributed by atoms with E-state index in [1.807, 2.05) is 13.8 Å². The number of nitriles is 1. The lowest BCUT2D eigenvalue weighted by Gasteiger charge is -2.39. The lowest BCUT2D eigenvalue weighted by Crippen LogP contribution is -2.48. The summed E-state index contributed by atoms with van der Waals surface area (Å²) < 4.78 is 41.1. The van der Waals surface area contributed by atoms with E-state index in [9.17, 15) is 14.9 Å². The molecule has 4 aromatic rings. The van der Waals surface area contributed by atoms with E-state index >= 15 is 8.78 Å². The van der Waals surface area contributed by atoms with Gasteiger partial charge in [0.1, 0.15) is 23.2 Å². The summed E-state index contributed by atoms with van der Waals surface area (Å²) in [6.07, 6.45) is 1.56. The van der Waals surface area contributed by atoms with Gasteiger partial charge in [0.2, 0.25) is 0 Å². The van der Waals surface area contributed by atoms with Gasteiger partial charge in [-0.25, -0.2) is 13.6 Å². The minimum absolute atomic E-state index is 0.0494. The number of morpholine rings is 1. The van der Waals surface area contributed by atoms with E-state index in [4.69, 9.17) is 21.1 Å². The van der Waals surface area contributed by atoms with Crippen LogP contribution < -0.4 is 10.2 Å². The zero-order valence-corrected chi connectivity index (χ0v) is 25.0. The number of methoxy groups -OCH3 is 1. The van der Waals surface area contributed by atoms with Crippen molar-refractivity contribution in [3.63, 3.8) is 0 Å². The molecule has 44 heavy (non-hydrogen) atoms. The minimum Gasteiger partial charge on any atom is -0.467 e. The van der Waals surface area contributed by atoms with Gasteiger partial charge in [0.05, 0.1) is 36.5 Å². The Kier molecular flexibility index (Phi) is 8.81. The Hall–Kier alpha value is -4.59. The standard InChI is InChI=1S/C33H29ClF2N4O4/c1-33(2)18-40(11-12-44-33)21-15-26(35)29(27(36)16-21)31(41)39-28(32(42)43-3)14-20-7-9-24(30-22(20)5-4-10-38-30)23-8-6-19(17-37)13-25(23)34/h4-10,13,15-16,28H,11-12,14,18H2,1-3H3,(H,39,41)/t28-/m0/s1. The maximum atomic E-state index is 15.3. The summed E-state index contributed by atoms with van der Waals surface area (Å²) in [4.78, 5) is 32.3. The van der Waals surface area contributed by atoms with Crippen LogP contribution in [0.2, 0.25) is 5.02 Å². The van der Waals surface area contributed by atoms with Crippen LogP contribution >= 0.6 is 11.6 Å². The number of carbonyl (C=O) groups excluding carboxylic acids is 2. The van der Waals surface area contributed by atoms with Crippen LogP contribution in [0.1, 0.15) is 35.3 Å². The predicted molar refractivity (Wildman–Crippen MR) is 162 cm³/mol. The first-order chi connectivity index (χ1) is 21.0. The van der Waals surface area contributed by atoms with Crippen molar-refractivity contribution in [2.75, 3.05) is 31.7 Å². The molecular weight excluding hydrogens is 590 g/mol. The summed E-state index contributed by atoms with van der Waals surface area (Å²) >= 11 is 6.48. The first-order valence-electron chi connectivity index (χ1n) is 13.8. The molecule has 1 aromatic heterocycles. The van der Waals surface area contributed by atoms with Gasteiger partial charge >= 0.3 is 5.97 Å². The van der Waals surface area contributed by atoms with Gasteiger partial charge < -0.3 is 19.7 Å². The minimum atomic E-state index is -1.27. The number of hydrogen-bond donors (Lipinski definition) is 1. The molecule has 1 amide bonds. The van der Waals surface area contributed by atoms with Gasteiger partial charge in [0, 0.05) is 52.9 Å². The fraction of sp³-hybridized carbons (Fsp3) is 0.273. The predicted octanol–water partition coefficient (Wildman–Crippen LogP) is 5.83. The van der Waals surface area contributed by atoms with E-state index in [1.165, 1.54) is 0 Å². The Morgan fingerprint density at radius 3 is 2.55 bits per heavy atom. The fourth-order valence-electron chi connectivity index (χ4n) is 5.41. The molecule has 3 aromatic carbocycles. The fourth-order valence-corrected chi connectivity index (χ4v) is 5.69. The third-order valence-corrected chi connectivity index (χ3v) is 7.82. The molecule has 0 radical (unpaired) electrons. The molecule has 5 rings (SSSR count). The van der Waals surface area contributed by atoms with Gasteiger partial charge in [-0.2, -0.15) is 5.26 Å². The quantitative estimate of drug-likeness (QED) is 0.260. The normalized spacial score (nSPS) is 15.0. The Labute approximate surface area is 258 Å². The molecule has 0 bridgehead atoms. The molecule has 0 aliphatic carbocycles. The van der Waals surface area contributed by atoms with Crippen molar-refractivity contribution in [1.29, 1.82) is 5.26 Å². The molecule has 0 spiro atoms. The number of benzene rings is 3. The maximum absolute atomic E-state index is 15.3. The Bertz CT molecular complexity index is 1780. The highest BCUT2D eigenvalue weighted by molar-refractivity contribution is 6.33. The van der Waals surface area contributed by atoms with Crippen LogP contribution in [-0.4, -0.2) is 55.3 Å². The summed E-state index contributed by atoms with van der Waals surface area (Å²) in [5.74, 6) is -3.98. The van der Waals surface area contributed by atoms with E-state index in [0.717, 1.165) is 19.2 Å². The van der Waals surface area contributed by atoms with Crippen LogP contribution in [0.4, 0.5) is 14.5 Å². The Balaban J connectivity index is 1.43. The number of ether oxygens (including phenoxy) is 2. The molecule has 1 fully saturated rings. The number of nitrogens with zero attached hydrogens (tertiary/aromatic N) is 3. The summed E-state index contributed by atoms with van der Waals surface area (Å²) in [5, 5.41) is 12.7. The van der Waals surface area contributed by atoms with Gasteiger partial charge in [-0.05, 0) is 49.7 Å². The number of halogens is 3. The molecule has 1 aliphatic heterocycles. The van der Waals surface area contributed by atoms with Crippen molar-refractivity contribution < 1.29 is 27.8 Å². The number of carbonyl (C=O) groups is 2. The van der Waals surface area contributed by atoms with Crippen molar-refractivity contribution in [2.45, 2.75) is 31.9 Å². The zero-order chi connectivity index (χ0) is 31.6. The van der Waals surface area contributed by atoms with Crippen LogP contribution in [0.5, 0.6) is 0 Å². The summed E-state index contributed by atoms with van der Waals surface area (Å²) in [5.41, 5.74) is 1.97. The molecule has 1 atom stereocenters. The average molecular weight is 619 g/mol. The molecule has 0 unspecified atom stereocenters. The SMILES string of the molecule is COC(=O)[C@H](Cc1ccc(-c2ccc(C#N)cc2Cl)c2ncccc12)NC(=O)c1c(F)cc(N2CCOC(C)(C)C2)cc1F. The number of amides is 1. The summed E-state index contributed by atoms with van der Waals surface area (Å²) in [6.45, 7) is 5.02. The number of nitrogens with one attached hydrogen (secondary N) is 1. The topological polar surface area (TPSA) is 105 Å². The van der Waals surface area contributed by atoms with Crippen molar-refractivity contribution in [1.82, 2.24) is 10.3 Å². The second-order valence-electron chi connectivity index (χ2n) is 11.0. The highest BCUT2D eigenvalue weighted by Crippen LogP contribution is 2.35. The van der Waals surface area contributed by atoms with E-state index in [1.54, 1.807) is 53.6 Å². The van der Waals surface area contributed by atoms with Crippen LogP contribution in [0, 0.1) is 23.0 Å². The van der Waals surface area contributed by atoms with Crippen LogP contribution in [-0.2, 0) is 20.7 Å². The van der Waals surface area contributed by atoms with Crippen molar-refractivity contribution >= 4 is 40.1 Å². The van der Waals surface area contributed by atoms with Gasteiger partial charge in [0.25, 0.3) is 5.91 Å². The molecule has 11 heteroatoms. The molecule has 0 saturated carbocycles. The molecule has 226 valence electrons. The van der Waals surface area contributed by atoms with Crippen molar-refractivity contribution in [3.8, 4) is 17.2 Å². The first-order valence-corrected chi connectivity index (χ1v) is 14.2. The van der Waals surface area contributed by atoms with Gasteiger partial charge in [-0.15, -0.1) is 0 Å². The molecule has 2 heterocycles. The van der Waals surface area contributed by atoms with Gasteiger partial charge in [-0.3, -0.25) is 9.78 Å². The molecule has 8 nitrogen and oxygen atoms in total. The third-order valence-electron chi connectivity index (χ3n) is 7.51. The zero-order valence-electron chi connectivity index (χ0n) is 24.3. The molecule has 1 aliphatic rings. The number of pyridine rings is 1. The third kappa shape index (κ3) is 6.34. The highest BCUT2D eigenvalue weighted by Gasteiger charge is 2.31. The first kappa shape index (κ1) is 30.9. The summed E-state index contributed by atoms with van der Waals surface area (Å²) in [7, 11) is 1.16. The second kappa shape index (κ2) is 12.6. The number of esters is 1. The Morgan fingerprint density at radius 2 is 1.89 bits per heavy atom. The van der Waals surface area contributed by atoms with E-state index < -0.39 is 40.7 Å². The average Bonchev–Trinajstić information content (AvgIpc) is 2.99. The highest BCUT2D eigenvalue weighted by atomic mass is 35.5. The number of hydrogen-bond acceptors (Lipinski definition) is 7.